The van der Waals surface area contributed by atoms with Gasteiger partial charge in [-0.15, -0.1) is 0 Å². The zero-order chi connectivity index (χ0) is 30.1. The highest BCUT2D eigenvalue weighted by molar-refractivity contribution is 6.03. The summed E-state index contributed by atoms with van der Waals surface area (Å²) < 4.78 is 64.4. The molecular weight excluding hydrogens is 542 g/mol. The van der Waals surface area contributed by atoms with E-state index in [0.29, 0.717) is 18.8 Å². The second-order valence-corrected chi connectivity index (χ2v) is 10.9. The Morgan fingerprint density at radius 3 is 2.41 bits per heavy atom. The molecule has 0 radical (unpaired) electrons. The van der Waals surface area contributed by atoms with E-state index in [-0.39, 0.29) is 29.5 Å². The third-order valence-corrected chi connectivity index (χ3v) is 7.52. The number of carboxylic acid groups (broad SMARTS) is 1. The number of rotatable bonds is 8. The summed E-state index contributed by atoms with van der Waals surface area (Å²) in [6.07, 6.45) is 1.25. The fourth-order valence-electron chi connectivity index (χ4n) is 5.22. The van der Waals surface area contributed by atoms with Gasteiger partial charge in [0.25, 0.3) is 0 Å². The monoisotopic (exact) mass is 575 g/mol. The van der Waals surface area contributed by atoms with Crippen molar-refractivity contribution in [3.63, 3.8) is 0 Å². The number of amides is 1. The molecule has 0 saturated heterocycles. The first-order chi connectivity index (χ1) is 19.3. The van der Waals surface area contributed by atoms with Gasteiger partial charge in [0.15, 0.2) is 11.6 Å². The molecule has 41 heavy (non-hydrogen) atoms. The predicted molar refractivity (Wildman–Crippen MR) is 145 cm³/mol. The van der Waals surface area contributed by atoms with Crippen molar-refractivity contribution in [2.75, 3.05) is 4.90 Å². The van der Waals surface area contributed by atoms with Gasteiger partial charge in [0, 0.05) is 55.6 Å². The summed E-state index contributed by atoms with van der Waals surface area (Å²) >= 11 is 0. The number of pyridine rings is 1. The Kier molecular flexibility index (Phi) is 8.74. The summed E-state index contributed by atoms with van der Waals surface area (Å²) in [6, 6.07) is 5.55. The normalized spacial score (nSPS) is 17.5. The van der Waals surface area contributed by atoms with E-state index in [1.54, 1.807) is 43.8 Å². The predicted octanol–water partition coefficient (Wildman–Crippen LogP) is 7.23. The molecule has 1 aliphatic carbocycles. The molecule has 0 atom stereocenters. The molecule has 0 bridgehead atoms. The number of aromatic nitrogens is 2. The fourth-order valence-corrected chi connectivity index (χ4v) is 5.22. The lowest BCUT2D eigenvalue weighted by Gasteiger charge is -2.34. The number of aromatic carboxylic acids is 1. The van der Waals surface area contributed by atoms with Crippen LogP contribution in [0.15, 0.2) is 42.7 Å². The smallest absolute Gasteiger partial charge is 0.421 e. The van der Waals surface area contributed by atoms with Gasteiger partial charge in [-0.2, -0.15) is 13.2 Å². The quantitative estimate of drug-likeness (QED) is 0.287. The second-order valence-electron chi connectivity index (χ2n) is 10.9. The van der Waals surface area contributed by atoms with Gasteiger partial charge in [-0.3, -0.25) is 4.79 Å². The maximum absolute atomic E-state index is 15.4. The highest BCUT2D eigenvalue weighted by atomic mass is 19.4. The van der Waals surface area contributed by atoms with Crippen molar-refractivity contribution >= 4 is 17.6 Å². The summed E-state index contributed by atoms with van der Waals surface area (Å²) in [6.45, 7) is 5.48. The highest BCUT2D eigenvalue weighted by Crippen LogP contribution is 2.40. The summed E-state index contributed by atoms with van der Waals surface area (Å²) in [5.41, 5.74) is -0.857. The van der Waals surface area contributed by atoms with Gasteiger partial charge in [-0.1, -0.05) is 6.92 Å². The average molecular weight is 576 g/mol. The number of anilines is 1. The van der Waals surface area contributed by atoms with Crippen molar-refractivity contribution in [2.45, 2.75) is 65.1 Å². The Balaban J connectivity index is 1.70. The van der Waals surface area contributed by atoms with Crippen LogP contribution < -0.4 is 9.64 Å². The maximum atomic E-state index is 15.4. The van der Waals surface area contributed by atoms with Crippen molar-refractivity contribution in [3.05, 3.63) is 70.9 Å². The minimum absolute atomic E-state index is 0.172. The van der Waals surface area contributed by atoms with E-state index in [4.69, 9.17) is 4.74 Å². The van der Waals surface area contributed by atoms with Crippen LogP contribution in [0.25, 0.3) is 0 Å². The molecule has 3 aromatic rings. The van der Waals surface area contributed by atoms with Crippen molar-refractivity contribution in [1.82, 2.24) is 9.55 Å². The van der Waals surface area contributed by atoms with Crippen molar-refractivity contribution in [2.24, 2.45) is 18.9 Å². The van der Waals surface area contributed by atoms with Crippen LogP contribution in [0.4, 0.5) is 23.2 Å². The largest absolute Gasteiger partial charge is 0.478 e. The molecule has 0 unspecified atom stereocenters. The lowest BCUT2D eigenvalue weighted by atomic mass is 9.82. The molecular formula is C30H33F4N3O4. The minimum Gasteiger partial charge on any atom is -0.478 e. The molecule has 1 N–H and O–H groups in total. The zero-order valence-electron chi connectivity index (χ0n) is 23.3. The maximum Gasteiger partial charge on any atom is 0.421 e. The third kappa shape index (κ3) is 6.71. The summed E-state index contributed by atoms with van der Waals surface area (Å²) in [7, 11) is 1.76. The molecule has 1 fully saturated rings. The number of benzene rings is 1. The van der Waals surface area contributed by atoms with E-state index in [9.17, 15) is 27.9 Å². The number of alkyl halides is 3. The van der Waals surface area contributed by atoms with Gasteiger partial charge in [-0.25, -0.2) is 14.2 Å². The molecule has 1 aromatic carbocycles. The molecule has 7 nitrogen and oxygen atoms in total. The molecule has 0 aliphatic heterocycles. The van der Waals surface area contributed by atoms with Gasteiger partial charge in [0.05, 0.1) is 11.3 Å². The summed E-state index contributed by atoms with van der Waals surface area (Å²) in [5.74, 6) is -4.42. The summed E-state index contributed by atoms with van der Waals surface area (Å²) in [4.78, 5) is 30.8. The fraction of sp³-hybridized carbons (Fsp3) is 0.433. The van der Waals surface area contributed by atoms with E-state index in [2.05, 4.69) is 11.9 Å². The molecule has 2 aromatic heterocycles. The molecule has 220 valence electrons. The molecule has 4 rings (SSSR count). The number of halogens is 4. The number of nitrogens with zero attached hydrogens (tertiary/aromatic N) is 3. The molecule has 2 heterocycles. The number of carbonyl (C=O) groups excluding carboxylic acids is 1. The lowest BCUT2D eigenvalue weighted by Crippen LogP contribution is -2.43. The third-order valence-electron chi connectivity index (χ3n) is 7.52. The SMILES string of the molecule is CC1CCC(C(=O)N(c2cc(F)c(Oc3ncc(Cc4cccn4C)cc3C(F)(F)F)cc2C(=O)O)C(C)C)CC1. The topological polar surface area (TPSA) is 84.7 Å². The van der Waals surface area contributed by atoms with E-state index >= 15 is 4.39 Å². The van der Waals surface area contributed by atoms with Crippen LogP contribution in [0.5, 0.6) is 11.6 Å². The van der Waals surface area contributed by atoms with Gasteiger partial charge < -0.3 is 19.3 Å². The lowest BCUT2D eigenvalue weighted by molar-refractivity contribution is -0.139. The van der Waals surface area contributed by atoms with Gasteiger partial charge in [0.1, 0.15) is 5.56 Å². The number of hydrogen-bond donors (Lipinski definition) is 1. The van der Waals surface area contributed by atoms with Crippen LogP contribution in [-0.2, 0) is 24.4 Å². The number of carboxylic acids is 1. The van der Waals surface area contributed by atoms with E-state index in [0.717, 1.165) is 36.7 Å². The van der Waals surface area contributed by atoms with Crippen molar-refractivity contribution in [3.8, 4) is 11.6 Å². The van der Waals surface area contributed by atoms with Crippen molar-refractivity contribution < 1.29 is 37.0 Å². The Morgan fingerprint density at radius 2 is 1.85 bits per heavy atom. The van der Waals surface area contributed by atoms with Crippen LogP contribution in [-0.4, -0.2) is 32.6 Å². The zero-order valence-corrected chi connectivity index (χ0v) is 23.3. The van der Waals surface area contributed by atoms with Gasteiger partial charge in [0.2, 0.25) is 11.8 Å². The first-order valence-corrected chi connectivity index (χ1v) is 13.5. The Hall–Kier alpha value is -3.89. The Morgan fingerprint density at radius 1 is 1.17 bits per heavy atom. The number of ether oxygens (including phenoxy) is 1. The number of hydrogen-bond acceptors (Lipinski definition) is 4. The van der Waals surface area contributed by atoms with Crippen molar-refractivity contribution in [1.29, 1.82) is 0 Å². The van der Waals surface area contributed by atoms with Crippen LogP contribution in [0.3, 0.4) is 0 Å². The molecule has 1 saturated carbocycles. The first kappa shape index (κ1) is 30.1. The molecule has 1 aliphatic rings. The molecule has 1 amide bonds. The summed E-state index contributed by atoms with van der Waals surface area (Å²) in [5, 5.41) is 9.96. The van der Waals surface area contributed by atoms with Crippen LogP contribution in [0.2, 0.25) is 0 Å². The first-order valence-electron chi connectivity index (χ1n) is 13.5. The van der Waals surface area contributed by atoms with E-state index < -0.39 is 46.8 Å². The van der Waals surface area contributed by atoms with Crippen LogP contribution in [0, 0.1) is 17.7 Å². The second kappa shape index (κ2) is 11.9. The Bertz CT molecular complexity index is 1430. The minimum atomic E-state index is -4.88. The van der Waals surface area contributed by atoms with Gasteiger partial charge >= 0.3 is 12.1 Å². The number of carbonyl (C=O) groups is 2. The van der Waals surface area contributed by atoms with Crippen LogP contribution in [0.1, 0.15) is 73.6 Å². The van der Waals surface area contributed by atoms with Crippen LogP contribution >= 0.6 is 0 Å². The standard InChI is InChI=1S/C30H33F4N3O4/c1-17(2)37(28(38)20-9-7-18(3)8-10-20)25-15-24(31)26(14-22(25)29(39)40)41-27-23(30(32,33)34)13-19(16-35-27)12-21-6-5-11-36(21)4/h5-6,11,13-18,20H,7-10,12H2,1-4H3,(H,39,40). The van der Waals surface area contributed by atoms with Gasteiger partial charge in [-0.05, 0) is 69.2 Å². The Labute approximate surface area is 235 Å². The number of aryl methyl sites for hydroxylation is 1. The average Bonchev–Trinajstić information content (AvgIpc) is 3.29. The molecule has 0 spiro atoms. The molecule has 11 heteroatoms. The van der Waals surface area contributed by atoms with E-state index in [1.807, 2.05) is 0 Å². The highest BCUT2D eigenvalue weighted by Gasteiger charge is 2.37. The van der Waals surface area contributed by atoms with E-state index in [1.165, 1.54) is 11.1 Å².